The molecule has 55 heavy (non-hydrogen) atoms. The largest absolute Gasteiger partial charge is 0.474 e. The van der Waals surface area contributed by atoms with E-state index >= 15 is 0 Å². The van der Waals surface area contributed by atoms with Gasteiger partial charge in [0, 0.05) is 10.8 Å². The number of amides is 4. The number of aliphatic imine (C=N–C) groups is 2. The number of rotatable bonds is 6. The first-order valence-corrected chi connectivity index (χ1v) is 20.7. The average Bonchev–Trinajstić information content (AvgIpc) is 3.98. The minimum Gasteiger partial charge on any atom is -0.474 e. The molecule has 0 aliphatic carbocycles. The molecule has 14 nitrogen and oxygen atoms in total. The van der Waals surface area contributed by atoms with Crippen LogP contribution in [0, 0.1) is 17.8 Å². The molecule has 0 saturated carbocycles. The zero-order valence-electron chi connectivity index (χ0n) is 32.4. The van der Waals surface area contributed by atoms with Gasteiger partial charge in [-0.15, -0.1) is 22.7 Å². The molecule has 0 radical (unpaired) electrons. The van der Waals surface area contributed by atoms with Gasteiger partial charge < -0.3 is 30.7 Å². The van der Waals surface area contributed by atoms with Crippen molar-refractivity contribution in [3.63, 3.8) is 0 Å². The number of nitrogens with one attached hydrogen (secondary N) is 4. The van der Waals surface area contributed by atoms with E-state index in [0.29, 0.717) is 22.9 Å². The van der Waals surface area contributed by atoms with Gasteiger partial charge in [-0.05, 0) is 43.6 Å². The molecule has 0 saturated heterocycles. The van der Waals surface area contributed by atoms with Crippen LogP contribution in [0.4, 0.5) is 0 Å². The second-order valence-electron chi connectivity index (χ2n) is 15.1. The highest BCUT2D eigenvalue weighted by atomic mass is 32.1. The van der Waals surface area contributed by atoms with Crippen LogP contribution in [0.5, 0.6) is 0 Å². The molecule has 0 spiro atoms. The van der Waals surface area contributed by atoms with Gasteiger partial charge in [0.05, 0.1) is 12.1 Å². The normalized spacial score (nSPS) is 28.2. The number of aromatic nitrogens is 2. The second-order valence-corrected chi connectivity index (χ2v) is 16.9. The van der Waals surface area contributed by atoms with Crippen LogP contribution in [-0.2, 0) is 25.5 Å². The Bertz CT molecular complexity index is 1940. The summed E-state index contributed by atoms with van der Waals surface area (Å²) in [7, 11) is 0. The number of thiazole rings is 2. The standard InChI is InChI=1S/C39H50N8O6S2/c1-9-20(6)29-37-47-30(21(7)53-37)34(50)40-24(15-23-13-11-10-12-14-23)38-41-25(16-54-38)32(48)43-27(18(2)3)36-46-31(22(8)52-36)35(51)44-28(19(4)5)39-42-26(17-55-39)33(49)45-29/h10-14,16-22,24,27-31H,9,15H2,1-8H3,(H,40,50)(H,43,48)(H,44,51)(H,45,49)/t20-,21+,22+,24+,27-,28+,29-,30-,31-/m0/s1. The van der Waals surface area contributed by atoms with E-state index in [9.17, 15) is 19.2 Å². The smallest absolute Gasteiger partial charge is 0.271 e. The molecule has 4 amide bonds. The van der Waals surface area contributed by atoms with Gasteiger partial charge in [0.2, 0.25) is 23.6 Å². The van der Waals surface area contributed by atoms with Crippen LogP contribution >= 0.6 is 22.7 Å². The highest BCUT2D eigenvalue weighted by Crippen LogP contribution is 2.29. The van der Waals surface area contributed by atoms with Crippen molar-refractivity contribution in [2.45, 2.75) is 117 Å². The van der Waals surface area contributed by atoms with Crippen LogP contribution in [0.2, 0.25) is 0 Å². The van der Waals surface area contributed by atoms with Crippen molar-refractivity contribution < 1.29 is 28.7 Å². The molecular formula is C39H50N8O6S2. The van der Waals surface area contributed by atoms with E-state index in [1.54, 1.807) is 24.6 Å². The second kappa shape index (κ2) is 17.0. The Kier molecular flexibility index (Phi) is 12.3. The van der Waals surface area contributed by atoms with Gasteiger partial charge in [-0.3, -0.25) is 19.2 Å². The lowest BCUT2D eigenvalue weighted by molar-refractivity contribution is -0.125. The van der Waals surface area contributed by atoms with Crippen LogP contribution < -0.4 is 21.3 Å². The van der Waals surface area contributed by atoms with Crippen molar-refractivity contribution in [3.8, 4) is 0 Å². The summed E-state index contributed by atoms with van der Waals surface area (Å²) >= 11 is 2.55. The summed E-state index contributed by atoms with van der Waals surface area (Å²) in [6.07, 6.45) is -0.0891. The summed E-state index contributed by atoms with van der Waals surface area (Å²) in [5.74, 6) is -1.32. The maximum atomic E-state index is 14.0. The minimum atomic E-state index is -0.892. The first-order chi connectivity index (χ1) is 26.2. The van der Waals surface area contributed by atoms with Crippen molar-refractivity contribution in [1.82, 2.24) is 31.2 Å². The number of ether oxygens (including phenoxy) is 2. The van der Waals surface area contributed by atoms with Gasteiger partial charge in [0.15, 0.2) is 12.1 Å². The third-order valence-corrected chi connectivity index (χ3v) is 12.1. The summed E-state index contributed by atoms with van der Waals surface area (Å²) in [6, 6.07) is 5.59. The molecule has 3 aliphatic heterocycles. The zero-order valence-corrected chi connectivity index (χ0v) is 34.0. The lowest BCUT2D eigenvalue weighted by Crippen LogP contribution is -2.45. The molecular weight excluding hydrogens is 741 g/mol. The van der Waals surface area contributed by atoms with Crippen molar-refractivity contribution in [3.05, 3.63) is 68.1 Å². The van der Waals surface area contributed by atoms with E-state index in [1.807, 2.05) is 71.9 Å². The molecule has 9 atom stereocenters. The highest BCUT2D eigenvalue weighted by molar-refractivity contribution is 7.10. The van der Waals surface area contributed by atoms with E-state index in [2.05, 4.69) is 31.2 Å². The molecule has 0 unspecified atom stereocenters. The summed E-state index contributed by atoms with van der Waals surface area (Å²) in [5, 5.41) is 16.8. The molecule has 4 N–H and O–H groups in total. The van der Waals surface area contributed by atoms with E-state index < -0.39 is 60.3 Å². The zero-order chi connectivity index (χ0) is 39.6. The topological polar surface area (TPSA) is 185 Å². The third kappa shape index (κ3) is 8.90. The van der Waals surface area contributed by atoms with Crippen molar-refractivity contribution >= 4 is 58.1 Å². The Labute approximate surface area is 329 Å². The van der Waals surface area contributed by atoms with Gasteiger partial charge in [0.25, 0.3) is 11.8 Å². The summed E-state index contributed by atoms with van der Waals surface area (Å²) in [6.45, 7) is 15.3. The number of hydrogen-bond donors (Lipinski definition) is 4. The molecule has 5 heterocycles. The quantitative estimate of drug-likeness (QED) is 0.275. The number of benzene rings is 1. The minimum absolute atomic E-state index is 0.0673. The molecule has 3 aromatic rings. The van der Waals surface area contributed by atoms with Crippen molar-refractivity contribution in [1.29, 1.82) is 0 Å². The first kappa shape index (κ1) is 40.0. The third-order valence-electron chi connectivity index (χ3n) is 10.2. The fraction of sp³-hybridized carbons (Fsp3) is 0.538. The van der Waals surface area contributed by atoms with E-state index in [0.717, 1.165) is 5.56 Å². The Morgan fingerprint density at radius 1 is 0.673 bits per heavy atom. The number of hydrogen-bond acceptors (Lipinski definition) is 12. The molecule has 0 fully saturated rings. The lowest BCUT2D eigenvalue weighted by atomic mass is 9.98. The highest BCUT2D eigenvalue weighted by Gasteiger charge is 2.41. The molecule has 2 aromatic heterocycles. The molecule has 294 valence electrons. The SMILES string of the molecule is CC[C@H](C)[C@@H]1NC(=O)c2csc(n2)[C@@H](C(C)C)NC(=O)[C@H]2N=C(O[C@@H]2C)[C@H](C(C)C)NC(=O)c2csc(n2)[C@@H](Cc2ccccc2)NC(=O)[C@H]2N=C1O[C@@H]2C. The summed E-state index contributed by atoms with van der Waals surface area (Å²) < 4.78 is 12.3. The Morgan fingerprint density at radius 3 is 1.75 bits per heavy atom. The van der Waals surface area contributed by atoms with Crippen LogP contribution in [0.3, 0.4) is 0 Å². The van der Waals surface area contributed by atoms with E-state index in [4.69, 9.17) is 19.5 Å². The molecule has 6 rings (SSSR count). The van der Waals surface area contributed by atoms with Crippen molar-refractivity contribution in [2.24, 2.45) is 27.7 Å². The Hall–Kier alpha value is -4.70. The van der Waals surface area contributed by atoms with Gasteiger partial charge in [-0.1, -0.05) is 78.3 Å². The maximum Gasteiger partial charge on any atom is 0.271 e. The molecule has 1 aromatic carbocycles. The summed E-state index contributed by atoms with van der Waals surface area (Å²) in [5.41, 5.74) is 1.35. The predicted molar refractivity (Wildman–Crippen MR) is 211 cm³/mol. The van der Waals surface area contributed by atoms with Crippen LogP contribution in [0.1, 0.15) is 110 Å². The number of fused-ring (bicyclic) bond motifs is 6. The van der Waals surface area contributed by atoms with Gasteiger partial charge >= 0.3 is 0 Å². The Morgan fingerprint density at radius 2 is 1.18 bits per heavy atom. The fourth-order valence-electron chi connectivity index (χ4n) is 6.68. The molecule has 3 aliphatic rings. The van der Waals surface area contributed by atoms with Gasteiger partial charge in [0.1, 0.15) is 45.7 Å². The van der Waals surface area contributed by atoms with Gasteiger partial charge in [-0.25, -0.2) is 20.0 Å². The van der Waals surface area contributed by atoms with Crippen LogP contribution in [0.15, 0.2) is 51.1 Å². The van der Waals surface area contributed by atoms with E-state index in [-0.39, 0.29) is 52.8 Å². The monoisotopic (exact) mass is 790 g/mol. The number of carbonyl (C=O) groups is 4. The fourth-order valence-corrected chi connectivity index (χ4v) is 8.55. The summed E-state index contributed by atoms with van der Waals surface area (Å²) in [4.78, 5) is 74.2. The van der Waals surface area contributed by atoms with Gasteiger partial charge in [-0.2, -0.15) is 0 Å². The van der Waals surface area contributed by atoms with Crippen LogP contribution in [0.25, 0.3) is 0 Å². The Balaban J connectivity index is 1.39. The number of carbonyl (C=O) groups excluding carboxylic acids is 4. The average molecular weight is 791 g/mol. The maximum absolute atomic E-state index is 14.0. The van der Waals surface area contributed by atoms with Crippen molar-refractivity contribution in [2.75, 3.05) is 0 Å². The molecule has 8 bridgehead atoms. The molecule has 16 heteroatoms. The number of nitrogens with zero attached hydrogens (tertiary/aromatic N) is 4. The van der Waals surface area contributed by atoms with E-state index in [1.165, 1.54) is 22.7 Å². The predicted octanol–water partition coefficient (Wildman–Crippen LogP) is 4.80. The lowest BCUT2D eigenvalue weighted by Gasteiger charge is -2.24. The van der Waals surface area contributed by atoms with Crippen LogP contribution in [-0.4, -0.2) is 81.8 Å². The first-order valence-electron chi connectivity index (χ1n) is 18.9.